The second-order valence-corrected chi connectivity index (χ2v) is 9.78. The number of likely N-dealkylation sites (tertiary alicyclic amines) is 1. The van der Waals surface area contributed by atoms with Crippen molar-refractivity contribution in [1.82, 2.24) is 10.2 Å². The first kappa shape index (κ1) is 23.4. The zero-order chi connectivity index (χ0) is 24.6. The van der Waals surface area contributed by atoms with Gasteiger partial charge in [0, 0.05) is 37.9 Å². The monoisotopic (exact) mass is 478 g/mol. The number of fused-ring (bicyclic) bond motifs is 3. The van der Waals surface area contributed by atoms with E-state index in [0.717, 1.165) is 28.7 Å². The molecular weight excluding hydrogens is 448 g/mol. The van der Waals surface area contributed by atoms with Gasteiger partial charge in [0.05, 0.1) is 5.92 Å². The van der Waals surface area contributed by atoms with Gasteiger partial charge < -0.3 is 25.2 Å². The fourth-order valence-electron chi connectivity index (χ4n) is 5.77. The van der Waals surface area contributed by atoms with Crippen LogP contribution in [0.1, 0.15) is 49.1 Å². The van der Waals surface area contributed by atoms with Crippen molar-refractivity contribution in [2.75, 3.05) is 19.7 Å². The van der Waals surface area contributed by atoms with Crippen LogP contribution < -0.4 is 5.32 Å². The topological polar surface area (TPSA) is 116 Å². The molecule has 5 rings (SSSR count). The van der Waals surface area contributed by atoms with Gasteiger partial charge in [-0.15, -0.1) is 0 Å². The molecule has 2 aromatic rings. The Morgan fingerprint density at radius 1 is 0.971 bits per heavy atom. The third kappa shape index (κ3) is 4.38. The first-order chi connectivity index (χ1) is 16.9. The molecule has 2 unspecified atom stereocenters. The second-order valence-electron chi connectivity index (χ2n) is 9.78. The van der Waals surface area contributed by atoms with Crippen LogP contribution in [-0.4, -0.2) is 64.4 Å². The Labute approximate surface area is 203 Å². The van der Waals surface area contributed by atoms with E-state index < -0.39 is 17.7 Å². The Morgan fingerprint density at radius 3 is 2.17 bits per heavy atom. The maximum atomic E-state index is 13.1. The predicted octanol–water partition coefficient (Wildman–Crippen LogP) is 3.13. The van der Waals surface area contributed by atoms with E-state index in [4.69, 9.17) is 4.74 Å². The summed E-state index contributed by atoms with van der Waals surface area (Å²) < 4.78 is 5.66. The van der Waals surface area contributed by atoms with Gasteiger partial charge in [0.25, 0.3) is 0 Å². The van der Waals surface area contributed by atoms with Crippen molar-refractivity contribution in [2.45, 2.75) is 49.7 Å². The summed E-state index contributed by atoms with van der Waals surface area (Å²) in [6, 6.07) is 16.0. The Balaban J connectivity index is 1.18. The van der Waals surface area contributed by atoms with Crippen LogP contribution in [0.2, 0.25) is 0 Å². The average Bonchev–Trinajstić information content (AvgIpc) is 3.45. The van der Waals surface area contributed by atoms with E-state index in [-0.39, 0.29) is 56.3 Å². The lowest BCUT2D eigenvalue weighted by Gasteiger charge is -2.37. The summed E-state index contributed by atoms with van der Waals surface area (Å²) in [6.07, 6.45) is 1.64. The molecule has 1 saturated heterocycles. The minimum Gasteiger partial charge on any atom is -0.479 e. The number of benzene rings is 2. The first-order valence-electron chi connectivity index (χ1n) is 12.2. The van der Waals surface area contributed by atoms with E-state index >= 15 is 0 Å². The van der Waals surface area contributed by atoms with Crippen molar-refractivity contribution in [2.24, 2.45) is 5.92 Å². The summed E-state index contributed by atoms with van der Waals surface area (Å²) in [5.41, 5.74) is 2.83. The lowest BCUT2D eigenvalue weighted by atomic mass is 9.90. The van der Waals surface area contributed by atoms with Crippen LogP contribution in [0.3, 0.4) is 0 Å². The summed E-state index contributed by atoms with van der Waals surface area (Å²) in [7, 11) is 0. The largest absolute Gasteiger partial charge is 0.479 e. The predicted molar refractivity (Wildman–Crippen MR) is 128 cm³/mol. The summed E-state index contributed by atoms with van der Waals surface area (Å²) in [6.45, 7) is 0.594. The Hall–Kier alpha value is -3.39. The zero-order valence-electron chi connectivity index (χ0n) is 19.5. The van der Waals surface area contributed by atoms with Gasteiger partial charge in [-0.3, -0.25) is 4.79 Å². The van der Waals surface area contributed by atoms with Crippen LogP contribution in [0.25, 0.3) is 11.1 Å². The van der Waals surface area contributed by atoms with E-state index in [1.807, 2.05) is 24.3 Å². The fraction of sp³-hybridized carbons (Fsp3) is 0.444. The highest BCUT2D eigenvalue weighted by molar-refractivity contribution is 5.82. The molecule has 0 aromatic heterocycles. The van der Waals surface area contributed by atoms with Gasteiger partial charge in [-0.25, -0.2) is 9.59 Å². The standard InChI is InChI=1S/C27H30N2O6/c30-24(29-14-12-27(34,13-15-29)25(31)32)21-10-5-11-23(21)28-26(33)35-16-22-19-8-3-1-6-17(19)18-7-2-4-9-20(18)22/h1-4,6-9,21-23,34H,5,10-16H2,(H,28,33)(H,31,32). The number of rotatable bonds is 5. The van der Waals surface area contributed by atoms with Gasteiger partial charge in [0.1, 0.15) is 6.61 Å². The Kier molecular flexibility index (Phi) is 6.23. The molecule has 2 amide bonds. The number of piperidine rings is 1. The molecule has 1 saturated carbocycles. The van der Waals surface area contributed by atoms with Gasteiger partial charge >= 0.3 is 12.1 Å². The number of ether oxygens (including phenoxy) is 1. The summed E-state index contributed by atoms with van der Waals surface area (Å²) >= 11 is 0. The normalized spacial score (nSPS) is 22.8. The molecule has 35 heavy (non-hydrogen) atoms. The van der Waals surface area contributed by atoms with Gasteiger partial charge in [-0.05, 0) is 35.1 Å². The number of amides is 2. The molecular formula is C27H30N2O6. The van der Waals surface area contributed by atoms with Crippen molar-refractivity contribution >= 4 is 18.0 Å². The number of hydrogen-bond acceptors (Lipinski definition) is 5. The maximum absolute atomic E-state index is 13.1. The van der Waals surface area contributed by atoms with Crippen LogP contribution in [0.4, 0.5) is 4.79 Å². The van der Waals surface area contributed by atoms with Crippen molar-refractivity contribution in [3.05, 3.63) is 59.7 Å². The van der Waals surface area contributed by atoms with Crippen LogP contribution in [0, 0.1) is 5.92 Å². The molecule has 0 bridgehead atoms. The molecule has 3 N–H and O–H groups in total. The highest BCUT2D eigenvalue weighted by Crippen LogP contribution is 2.44. The lowest BCUT2D eigenvalue weighted by Crippen LogP contribution is -2.53. The number of nitrogens with zero attached hydrogens (tertiary/aromatic N) is 1. The highest BCUT2D eigenvalue weighted by atomic mass is 16.5. The minimum absolute atomic E-state index is 0.00523. The molecule has 8 nitrogen and oxygen atoms in total. The lowest BCUT2D eigenvalue weighted by molar-refractivity contribution is -0.166. The van der Waals surface area contributed by atoms with Crippen LogP contribution in [0.5, 0.6) is 0 Å². The molecule has 8 heteroatoms. The van der Waals surface area contributed by atoms with E-state index in [1.165, 1.54) is 0 Å². The zero-order valence-corrected chi connectivity index (χ0v) is 19.5. The molecule has 0 spiro atoms. The van der Waals surface area contributed by atoms with Crippen molar-refractivity contribution < 1.29 is 29.3 Å². The number of aliphatic hydroxyl groups is 1. The van der Waals surface area contributed by atoms with Gasteiger partial charge in [-0.1, -0.05) is 55.0 Å². The Bertz CT molecular complexity index is 1090. The van der Waals surface area contributed by atoms with Gasteiger partial charge in [0.15, 0.2) is 5.60 Å². The molecule has 2 atom stereocenters. The van der Waals surface area contributed by atoms with Crippen LogP contribution >= 0.6 is 0 Å². The molecule has 1 aliphatic heterocycles. The number of aliphatic carboxylic acids is 1. The number of alkyl carbamates (subject to hydrolysis) is 1. The van der Waals surface area contributed by atoms with E-state index in [2.05, 4.69) is 29.6 Å². The molecule has 3 aliphatic rings. The maximum Gasteiger partial charge on any atom is 0.407 e. The number of carboxylic acids is 1. The molecule has 1 heterocycles. The third-order valence-corrected chi connectivity index (χ3v) is 7.78. The molecule has 184 valence electrons. The van der Waals surface area contributed by atoms with Crippen molar-refractivity contribution in [1.29, 1.82) is 0 Å². The smallest absolute Gasteiger partial charge is 0.407 e. The van der Waals surface area contributed by atoms with E-state index in [9.17, 15) is 24.6 Å². The first-order valence-corrected chi connectivity index (χ1v) is 12.2. The summed E-state index contributed by atoms with van der Waals surface area (Å²) in [5.74, 6) is -1.75. The number of carboxylic acid groups (broad SMARTS) is 1. The SMILES string of the molecule is O=C(NC1CCCC1C(=O)N1CCC(O)(C(=O)O)CC1)OCC1c2ccccc2-c2ccccc21. The number of nitrogens with one attached hydrogen (secondary N) is 1. The summed E-state index contributed by atoms with van der Waals surface area (Å²) in [5, 5.41) is 22.2. The van der Waals surface area contributed by atoms with Gasteiger partial charge in [0.2, 0.25) is 5.91 Å². The van der Waals surface area contributed by atoms with Crippen molar-refractivity contribution in [3.63, 3.8) is 0 Å². The van der Waals surface area contributed by atoms with Crippen LogP contribution in [0.15, 0.2) is 48.5 Å². The molecule has 2 fully saturated rings. The van der Waals surface area contributed by atoms with Crippen molar-refractivity contribution in [3.8, 4) is 11.1 Å². The number of carbonyl (C=O) groups is 3. The quantitative estimate of drug-likeness (QED) is 0.608. The molecule has 0 radical (unpaired) electrons. The molecule has 2 aliphatic carbocycles. The average molecular weight is 479 g/mol. The minimum atomic E-state index is -1.77. The highest BCUT2D eigenvalue weighted by Gasteiger charge is 2.43. The third-order valence-electron chi connectivity index (χ3n) is 7.78. The van der Waals surface area contributed by atoms with E-state index in [1.54, 1.807) is 4.90 Å². The van der Waals surface area contributed by atoms with Gasteiger partial charge in [-0.2, -0.15) is 0 Å². The Morgan fingerprint density at radius 2 is 1.57 bits per heavy atom. The molecule has 2 aromatic carbocycles. The number of carbonyl (C=O) groups excluding carboxylic acids is 2. The summed E-state index contributed by atoms with van der Waals surface area (Å²) in [4.78, 5) is 38.7. The van der Waals surface area contributed by atoms with Crippen LogP contribution in [-0.2, 0) is 14.3 Å². The fourth-order valence-corrected chi connectivity index (χ4v) is 5.77. The number of hydrogen-bond donors (Lipinski definition) is 3. The van der Waals surface area contributed by atoms with E-state index in [0.29, 0.717) is 12.8 Å². The second kappa shape index (κ2) is 9.34.